The zero-order valence-corrected chi connectivity index (χ0v) is 28.2. The van der Waals surface area contributed by atoms with Gasteiger partial charge in [-0.15, -0.1) is 0 Å². The molecule has 2 aliphatic carbocycles. The molecule has 0 amide bonds. The van der Waals surface area contributed by atoms with Crippen molar-refractivity contribution in [3.8, 4) is 0 Å². The van der Waals surface area contributed by atoms with E-state index >= 15 is 0 Å². The van der Waals surface area contributed by atoms with Gasteiger partial charge in [-0.25, -0.2) is 0 Å². The van der Waals surface area contributed by atoms with E-state index in [0.717, 1.165) is 48.9 Å². The zero-order chi connectivity index (χ0) is 29.6. The predicted octanol–water partition coefficient (Wildman–Crippen LogP) is 10.1. The van der Waals surface area contributed by atoms with Crippen LogP contribution in [0.4, 0.5) is 0 Å². The average molecular weight is 562 g/mol. The molecule has 4 rings (SSSR count). The van der Waals surface area contributed by atoms with Gasteiger partial charge in [-0.1, -0.05) is 92.7 Å². The zero-order valence-electron chi connectivity index (χ0n) is 27.2. The summed E-state index contributed by atoms with van der Waals surface area (Å²) in [5.41, 5.74) is 9.54. The molecule has 0 bridgehead atoms. The van der Waals surface area contributed by atoms with Crippen molar-refractivity contribution in [3.63, 3.8) is 0 Å². The van der Waals surface area contributed by atoms with Crippen molar-refractivity contribution >= 4 is 13.9 Å². The molecule has 4 heteroatoms. The Kier molecular flexibility index (Phi) is 8.96. The van der Waals surface area contributed by atoms with E-state index in [1.165, 1.54) is 34.4 Å². The topological polar surface area (TPSA) is 42.4 Å². The number of fused-ring (bicyclic) bond motifs is 1. The minimum atomic E-state index is -2.06. The molecule has 1 heterocycles. The lowest BCUT2D eigenvalue weighted by Gasteiger charge is -2.45. The highest BCUT2D eigenvalue weighted by Crippen LogP contribution is 2.52. The van der Waals surface area contributed by atoms with Gasteiger partial charge in [-0.2, -0.15) is 0 Å². The van der Waals surface area contributed by atoms with Gasteiger partial charge in [0.1, 0.15) is 6.10 Å². The van der Waals surface area contributed by atoms with Gasteiger partial charge in [0.05, 0.1) is 6.10 Å². The first-order valence-electron chi connectivity index (χ1n) is 15.7. The molecule has 2 atom stereocenters. The second-order valence-corrected chi connectivity index (χ2v) is 20.3. The lowest BCUT2D eigenvalue weighted by Crippen LogP contribution is -2.44. The summed E-state index contributed by atoms with van der Waals surface area (Å²) >= 11 is 0. The van der Waals surface area contributed by atoms with Crippen LogP contribution in [0.5, 0.6) is 0 Å². The molecule has 0 radical (unpaired) electrons. The number of benzene rings is 1. The van der Waals surface area contributed by atoms with Crippen LogP contribution in [0.3, 0.4) is 0 Å². The number of aliphatic hydroxyl groups excluding tert-OH is 1. The number of hydrogen-bond donors (Lipinski definition) is 1. The summed E-state index contributed by atoms with van der Waals surface area (Å²) in [6, 6.07) is 8.65. The summed E-state index contributed by atoms with van der Waals surface area (Å²) in [7, 11) is -2.06. The predicted molar refractivity (Wildman–Crippen MR) is 172 cm³/mol. The van der Waals surface area contributed by atoms with E-state index in [9.17, 15) is 5.11 Å². The average Bonchev–Trinajstić information content (AvgIpc) is 3.35. The van der Waals surface area contributed by atoms with Crippen molar-refractivity contribution < 1.29 is 9.53 Å². The maximum absolute atomic E-state index is 12.2. The lowest BCUT2D eigenvalue weighted by atomic mass is 9.71. The SMILES string of the molecule is CC(C)Cc1ccc(C(O)c2c(C(C)C)nc3c(c2C2=CCCC2)C(O[Si](C)(C)C(C)(C)C)CC(C)(C)C3)cc1. The number of aromatic nitrogens is 1. The van der Waals surface area contributed by atoms with Crippen LogP contribution in [-0.2, 0) is 17.3 Å². The van der Waals surface area contributed by atoms with Crippen LogP contribution in [0, 0.1) is 11.3 Å². The third-order valence-electron chi connectivity index (χ3n) is 9.45. The molecule has 2 unspecified atom stereocenters. The molecule has 1 N–H and O–H groups in total. The normalized spacial score (nSPS) is 20.1. The molecular formula is C36H55NO2Si. The molecular weight excluding hydrogens is 506 g/mol. The fourth-order valence-electron chi connectivity index (χ4n) is 6.36. The van der Waals surface area contributed by atoms with Crippen LogP contribution in [0.1, 0.15) is 145 Å². The maximum Gasteiger partial charge on any atom is 0.192 e. The van der Waals surface area contributed by atoms with Gasteiger partial charge in [0.15, 0.2) is 8.32 Å². The number of nitrogens with zero attached hydrogens (tertiary/aromatic N) is 1. The highest BCUT2D eigenvalue weighted by molar-refractivity contribution is 6.74. The Morgan fingerprint density at radius 1 is 1.07 bits per heavy atom. The van der Waals surface area contributed by atoms with Crippen LogP contribution < -0.4 is 0 Å². The second-order valence-electron chi connectivity index (χ2n) is 15.6. The van der Waals surface area contributed by atoms with Crippen molar-refractivity contribution in [2.45, 2.75) is 137 Å². The lowest BCUT2D eigenvalue weighted by molar-refractivity contribution is 0.105. The van der Waals surface area contributed by atoms with Gasteiger partial charge in [-0.3, -0.25) is 4.98 Å². The molecule has 2 aromatic rings. The van der Waals surface area contributed by atoms with Crippen molar-refractivity contribution in [2.24, 2.45) is 11.3 Å². The van der Waals surface area contributed by atoms with Gasteiger partial charge in [0.2, 0.25) is 0 Å². The highest BCUT2D eigenvalue weighted by Gasteiger charge is 2.45. The monoisotopic (exact) mass is 561 g/mol. The fraction of sp³-hybridized carbons (Fsp3) is 0.639. The minimum Gasteiger partial charge on any atom is -0.410 e. The molecule has 0 saturated carbocycles. The first-order valence-corrected chi connectivity index (χ1v) is 18.6. The molecule has 0 fully saturated rings. The molecule has 0 spiro atoms. The van der Waals surface area contributed by atoms with Crippen LogP contribution >= 0.6 is 0 Å². The molecule has 1 aromatic heterocycles. The summed E-state index contributed by atoms with van der Waals surface area (Å²) in [6.07, 6.45) is 7.99. The van der Waals surface area contributed by atoms with Crippen LogP contribution in [0.2, 0.25) is 18.1 Å². The molecule has 3 nitrogen and oxygen atoms in total. The number of hydrogen-bond acceptors (Lipinski definition) is 3. The quantitative estimate of drug-likeness (QED) is 0.326. The standard InChI is InChI=1S/C36H55NO2Si/c1-23(2)20-25-16-18-27(19-17-25)34(38)32-30(26-14-12-13-15-26)31-28(37-33(32)24(3)4)21-36(8,9)22-29(31)39-40(10,11)35(5,6)7/h14,16-19,23-24,29,34,38H,12-13,15,20-22H2,1-11H3. The minimum absolute atomic E-state index is 0.00998. The van der Waals surface area contributed by atoms with E-state index in [0.29, 0.717) is 5.92 Å². The largest absolute Gasteiger partial charge is 0.410 e. The van der Waals surface area contributed by atoms with E-state index in [2.05, 4.69) is 106 Å². The second kappa shape index (κ2) is 11.5. The van der Waals surface area contributed by atoms with E-state index in [4.69, 9.17) is 9.41 Å². The smallest absolute Gasteiger partial charge is 0.192 e. The summed E-state index contributed by atoms with van der Waals surface area (Å²) in [4.78, 5) is 5.43. The molecule has 40 heavy (non-hydrogen) atoms. The van der Waals surface area contributed by atoms with Gasteiger partial charge in [0, 0.05) is 22.5 Å². The van der Waals surface area contributed by atoms with Crippen LogP contribution in [0.25, 0.3) is 5.57 Å². The van der Waals surface area contributed by atoms with E-state index in [1.54, 1.807) is 0 Å². The van der Waals surface area contributed by atoms with Gasteiger partial charge < -0.3 is 9.53 Å². The Morgan fingerprint density at radius 3 is 2.25 bits per heavy atom. The van der Waals surface area contributed by atoms with Gasteiger partial charge >= 0.3 is 0 Å². The van der Waals surface area contributed by atoms with Crippen LogP contribution in [0.15, 0.2) is 30.3 Å². The molecule has 2 aliphatic rings. The first-order chi connectivity index (χ1) is 18.5. The van der Waals surface area contributed by atoms with Crippen molar-refractivity contribution in [1.29, 1.82) is 0 Å². The summed E-state index contributed by atoms with van der Waals surface area (Å²) in [6.45, 7) is 25.4. The Morgan fingerprint density at radius 2 is 1.73 bits per heavy atom. The Balaban J connectivity index is 1.96. The van der Waals surface area contributed by atoms with Crippen LogP contribution in [-0.4, -0.2) is 18.4 Å². The number of pyridine rings is 1. The molecule has 220 valence electrons. The van der Waals surface area contributed by atoms with Crippen molar-refractivity contribution in [1.82, 2.24) is 4.98 Å². The first kappa shape index (κ1) is 31.2. The number of allylic oxidation sites excluding steroid dienone is 2. The Hall–Kier alpha value is -1.75. The highest BCUT2D eigenvalue weighted by atomic mass is 28.4. The molecule has 0 saturated heterocycles. The number of rotatable bonds is 8. The molecule has 1 aromatic carbocycles. The summed E-state index contributed by atoms with van der Waals surface area (Å²) in [5, 5.41) is 12.3. The third kappa shape index (κ3) is 6.50. The van der Waals surface area contributed by atoms with Crippen molar-refractivity contribution in [2.75, 3.05) is 0 Å². The number of aliphatic hydroxyl groups is 1. The van der Waals surface area contributed by atoms with Gasteiger partial charge in [-0.05, 0) is 96.2 Å². The summed E-state index contributed by atoms with van der Waals surface area (Å²) < 4.78 is 7.29. The Bertz CT molecular complexity index is 1230. The molecule has 0 aliphatic heterocycles. The van der Waals surface area contributed by atoms with E-state index < -0.39 is 14.4 Å². The van der Waals surface area contributed by atoms with Crippen molar-refractivity contribution in [3.05, 3.63) is 69.5 Å². The fourth-order valence-corrected chi connectivity index (χ4v) is 7.63. The Labute approximate surface area is 246 Å². The maximum atomic E-state index is 12.2. The van der Waals surface area contributed by atoms with E-state index in [1.807, 2.05) is 0 Å². The van der Waals surface area contributed by atoms with E-state index in [-0.39, 0.29) is 22.5 Å². The third-order valence-corrected chi connectivity index (χ3v) is 13.9. The van der Waals surface area contributed by atoms with Gasteiger partial charge in [0.25, 0.3) is 0 Å². The summed E-state index contributed by atoms with van der Waals surface area (Å²) in [5.74, 6) is 0.817.